The Labute approximate surface area is 269 Å². The summed E-state index contributed by atoms with van der Waals surface area (Å²) in [7, 11) is -0.733. The van der Waals surface area contributed by atoms with Crippen molar-refractivity contribution in [2.45, 2.75) is 36.5 Å². The highest BCUT2D eigenvalue weighted by molar-refractivity contribution is 7.91. The maximum atomic E-state index is 14.1. The lowest BCUT2D eigenvalue weighted by Crippen LogP contribution is -2.59. The minimum absolute atomic E-state index is 0.00850. The molecule has 1 aromatic carbocycles. The van der Waals surface area contributed by atoms with Crippen molar-refractivity contribution in [2.24, 2.45) is 0 Å². The third-order valence-electron chi connectivity index (χ3n) is 8.75. The second kappa shape index (κ2) is 12.7. The first kappa shape index (κ1) is 32.6. The molecule has 2 fully saturated rings. The molecule has 2 atom stereocenters. The minimum Gasteiger partial charge on any atom is -0.383 e. The van der Waals surface area contributed by atoms with Crippen LogP contribution in [0.25, 0.3) is 10.6 Å². The summed E-state index contributed by atoms with van der Waals surface area (Å²) in [4.78, 5) is 26.6. The highest BCUT2D eigenvalue weighted by atomic mass is 32.2. The molecule has 2 saturated heterocycles. The number of ether oxygens (including phenoxy) is 2. The first-order valence-electron chi connectivity index (χ1n) is 14.9. The Hall–Kier alpha value is -3.31. The summed E-state index contributed by atoms with van der Waals surface area (Å²) in [6, 6.07) is 7.46. The van der Waals surface area contributed by atoms with Gasteiger partial charge in [0.2, 0.25) is 5.95 Å². The van der Waals surface area contributed by atoms with Crippen molar-refractivity contribution in [1.29, 1.82) is 0 Å². The molecule has 1 amide bonds. The summed E-state index contributed by atoms with van der Waals surface area (Å²) in [5.74, 6) is -0.973. The van der Waals surface area contributed by atoms with Gasteiger partial charge in [0, 0.05) is 57.9 Å². The number of methoxy groups -OCH3 is 1. The van der Waals surface area contributed by atoms with Gasteiger partial charge >= 0.3 is 6.18 Å². The highest BCUT2D eigenvalue weighted by Crippen LogP contribution is 2.42. The number of carbonyl (C=O) groups is 1. The van der Waals surface area contributed by atoms with Gasteiger partial charge in [0.15, 0.2) is 9.84 Å². The molecule has 0 saturated carbocycles. The molecule has 0 radical (unpaired) electrons. The van der Waals surface area contributed by atoms with Crippen LogP contribution in [0.1, 0.15) is 27.7 Å². The van der Waals surface area contributed by atoms with Gasteiger partial charge in [-0.3, -0.25) is 9.69 Å². The highest BCUT2D eigenvalue weighted by Gasteiger charge is 2.41. The fraction of sp³-hybridized carbons (Fsp3) is 0.500. The van der Waals surface area contributed by atoms with E-state index in [1.54, 1.807) is 7.11 Å². The second-order valence-electron chi connectivity index (χ2n) is 11.5. The standard InChI is InChI=1S/C30H35F3N6O5S2/c1-4-18-13-19(39-8-7-38(9-11-43-3)22-16-44-17-23(22)39)5-6-21(18)35-29-34-15-20(30(31,32)33)26(36-29)24-14-25-27(45-24)28(40)37(2)10-12-46(25,41)42/h5-6,13-15,22-23H,4,7-12,16-17H2,1-3H3,(H,34,35,36)/t22-,23+/m0/s1. The number of sulfone groups is 1. The van der Waals surface area contributed by atoms with Crippen molar-refractivity contribution in [3.63, 3.8) is 0 Å². The number of hydrogen-bond acceptors (Lipinski definition) is 11. The first-order chi connectivity index (χ1) is 21.9. The molecular weight excluding hydrogens is 645 g/mol. The zero-order valence-corrected chi connectivity index (χ0v) is 27.3. The van der Waals surface area contributed by atoms with E-state index in [0.29, 0.717) is 49.5 Å². The number of thiophene rings is 1. The molecule has 46 heavy (non-hydrogen) atoms. The maximum Gasteiger partial charge on any atom is 0.420 e. The van der Waals surface area contributed by atoms with Crippen LogP contribution in [0.3, 0.4) is 0 Å². The molecule has 3 aliphatic heterocycles. The molecule has 248 valence electrons. The quantitative estimate of drug-likeness (QED) is 0.375. The zero-order chi connectivity index (χ0) is 32.8. The number of aromatic nitrogens is 2. The van der Waals surface area contributed by atoms with Crippen LogP contribution in [-0.2, 0) is 31.9 Å². The van der Waals surface area contributed by atoms with Gasteiger partial charge < -0.3 is 24.6 Å². The van der Waals surface area contributed by atoms with Gasteiger partial charge in [-0.2, -0.15) is 13.2 Å². The molecule has 0 aliphatic carbocycles. The zero-order valence-electron chi connectivity index (χ0n) is 25.6. The molecule has 0 spiro atoms. The van der Waals surface area contributed by atoms with Crippen LogP contribution >= 0.6 is 11.3 Å². The fourth-order valence-electron chi connectivity index (χ4n) is 6.20. The Kier molecular flexibility index (Phi) is 9.02. The van der Waals surface area contributed by atoms with Gasteiger partial charge in [0.25, 0.3) is 5.91 Å². The lowest BCUT2D eigenvalue weighted by molar-refractivity contribution is -0.137. The Morgan fingerprint density at radius 3 is 2.67 bits per heavy atom. The summed E-state index contributed by atoms with van der Waals surface area (Å²) in [5.41, 5.74) is 0.955. The number of benzene rings is 1. The summed E-state index contributed by atoms with van der Waals surface area (Å²) >= 11 is 0.684. The predicted octanol–water partition coefficient (Wildman–Crippen LogP) is 3.93. The topological polar surface area (TPSA) is 117 Å². The number of fused-ring (bicyclic) bond motifs is 2. The molecule has 0 bridgehead atoms. The van der Waals surface area contributed by atoms with E-state index in [1.807, 2.05) is 19.1 Å². The lowest BCUT2D eigenvalue weighted by Gasteiger charge is -2.44. The third kappa shape index (κ3) is 6.20. The van der Waals surface area contributed by atoms with E-state index in [1.165, 1.54) is 11.9 Å². The second-order valence-corrected chi connectivity index (χ2v) is 14.6. The van der Waals surface area contributed by atoms with Gasteiger partial charge in [-0.25, -0.2) is 18.4 Å². The van der Waals surface area contributed by atoms with Crippen LogP contribution in [0.4, 0.5) is 30.5 Å². The van der Waals surface area contributed by atoms with Crippen molar-refractivity contribution in [3.05, 3.63) is 46.5 Å². The van der Waals surface area contributed by atoms with E-state index >= 15 is 0 Å². The van der Waals surface area contributed by atoms with Crippen molar-refractivity contribution in [3.8, 4) is 10.6 Å². The largest absolute Gasteiger partial charge is 0.420 e. The van der Waals surface area contributed by atoms with E-state index < -0.39 is 33.2 Å². The van der Waals surface area contributed by atoms with Gasteiger partial charge in [0.05, 0.1) is 53.1 Å². The third-order valence-corrected chi connectivity index (χ3v) is 11.7. The Morgan fingerprint density at radius 2 is 1.93 bits per heavy atom. The van der Waals surface area contributed by atoms with Crippen molar-refractivity contribution >= 4 is 44.4 Å². The van der Waals surface area contributed by atoms with Crippen molar-refractivity contribution < 1.29 is 35.9 Å². The fourth-order valence-corrected chi connectivity index (χ4v) is 9.23. The Morgan fingerprint density at radius 1 is 1.15 bits per heavy atom. The average molecular weight is 681 g/mol. The summed E-state index contributed by atoms with van der Waals surface area (Å²) < 4.78 is 79.3. The number of halogens is 3. The normalized spacial score (nSPS) is 21.7. The Bertz CT molecular complexity index is 1730. The minimum atomic E-state index is -4.82. The number of anilines is 3. The number of carbonyl (C=O) groups excluding carboxylic acids is 1. The number of piperazine rings is 1. The van der Waals surface area contributed by atoms with Crippen LogP contribution in [0, 0.1) is 0 Å². The molecule has 11 nitrogen and oxygen atoms in total. The van der Waals surface area contributed by atoms with E-state index in [4.69, 9.17) is 9.47 Å². The summed E-state index contributed by atoms with van der Waals surface area (Å²) in [5, 5.41) is 3.08. The smallest absolute Gasteiger partial charge is 0.383 e. The van der Waals surface area contributed by atoms with Crippen LogP contribution in [-0.4, -0.2) is 112 Å². The molecule has 16 heteroatoms. The van der Waals surface area contributed by atoms with Crippen LogP contribution in [0.5, 0.6) is 0 Å². The monoisotopic (exact) mass is 680 g/mol. The number of hydrogen-bond donors (Lipinski definition) is 1. The van der Waals surface area contributed by atoms with Crippen molar-refractivity contribution in [1.82, 2.24) is 19.8 Å². The number of amides is 1. The average Bonchev–Trinajstić information content (AvgIpc) is 3.69. The maximum absolute atomic E-state index is 14.1. The lowest BCUT2D eigenvalue weighted by atomic mass is 10.0. The molecule has 0 unspecified atom stereocenters. The van der Waals surface area contributed by atoms with Gasteiger partial charge in [-0.1, -0.05) is 6.92 Å². The van der Waals surface area contributed by atoms with Crippen LogP contribution < -0.4 is 10.2 Å². The molecule has 2 aromatic heterocycles. The van der Waals surface area contributed by atoms with E-state index in [2.05, 4.69) is 31.2 Å². The summed E-state index contributed by atoms with van der Waals surface area (Å²) in [6.45, 7) is 6.42. The number of aryl methyl sites for hydroxylation is 1. The van der Waals surface area contributed by atoms with Crippen LogP contribution in [0.2, 0.25) is 0 Å². The number of alkyl halides is 3. The summed E-state index contributed by atoms with van der Waals surface area (Å²) in [6.07, 6.45) is -3.50. The van der Waals surface area contributed by atoms with Gasteiger partial charge in [-0.05, 0) is 36.2 Å². The number of rotatable bonds is 8. The van der Waals surface area contributed by atoms with Gasteiger partial charge in [-0.15, -0.1) is 11.3 Å². The number of nitrogens with one attached hydrogen (secondary N) is 1. The molecule has 5 heterocycles. The molecule has 1 N–H and O–H groups in total. The predicted molar refractivity (Wildman–Crippen MR) is 168 cm³/mol. The molecule has 3 aliphatic rings. The van der Waals surface area contributed by atoms with Crippen molar-refractivity contribution in [2.75, 3.05) is 76.1 Å². The van der Waals surface area contributed by atoms with Gasteiger partial charge in [0.1, 0.15) is 10.4 Å². The molecule has 6 rings (SSSR count). The first-order valence-corrected chi connectivity index (χ1v) is 17.4. The van der Waals surface area contributed by atoms with E-state index in [0.717, 1.165) is 37.0 Å². The number of nitrogens with zero attached hydrogens (tertiary/aromatic N) is 5. The Balaban J connectivity index is 1.31. The van der Waals surface area contributed by atoms with E-state index in [-0.39, 0.29) is 45.0 Å². The molecular formula is C30H35F3N6O5S2. The van der Waals surface area contributed by atoms with E-state index in [9.17, 15) is 26.4 Å². The van der Waals surface area contributed by atoms with Crippen LogP contribution in [0.15, 0.2) is 35.4 Å². The SMILES string of the molecule is CCc1cc(N2CCN(CCOC)[C@H]3COC[C@H]32)ccc1Nc1ncc(C(F)(F)F)c(-c2cc3c(s2)C(=O)N(C)CCS3(=O)=O)n1. The molecule has 3 aromatic rings.